The summed E-state index contributed by atoms with van der Waals surface area (Å²) in [7, 11) is 0. The average Bonchev–Trinajstić information content (AvgIpc) is 2.34. The number of carbonyl (C=O) groups excluding carboxylic acids is 3. The second kappa shape index (κ2) is 4.70. The van der Waals surface area contributed by atoms with Crippen molar-refractivity contribution in [2.24, 2.45) is 0 Å². The number of carbonyl (C=O) groups is 3. The Morgan fingerprint density at radius 2 is 1.75 bits per heavy atom. The summed E-state index contributed by atoms with van der Waals surface area (Å²) in [6.45, 7) is 0. The molecular weight excluding hydrogens is 263 g/mol. The lowest BCUT2D eigenvalue weighted by Gasteiger charge is -2.39. The van der Waals surface area contributed by atoms with E-state index in [9.17, 15) is 18.8 Å². The Kier molecular flexibility index (Phi) is 3.00. The van der Waals surface area contributed by atoms with Crippen molar-refractivity contribution >= 4 is 17.8 Å². The van der Waals surface area contributed by atoms with Gasteiger partial charge in [0.25, 0.3) is 0 Å². The molecule has 1 saturated heterocycles. The van der Waals surface area contributed by atoms with Gasteiger partial charge in [0.1, 0.15) is 11.7 Å². The highest BCUT2D eigenvalue weighted by Crippen LogP contribution is 2.31. The molecule has 6 heteroatoms. The summed E-state index contributed by atoms with van der Waals surface area (Å²) in [6, 6.07) is 4.40. The minimum absolute atomic E-state index is 0.126. The maximum Gasteiger partial charge on any atom is 0.331 e. The lowest BCUT2D eigenvalue weighted by atomic mass is 9.88. The molecule has 2 fully saturated rings. The predicted octanol–water partition coefficient (Wildman–Crippen LogP) is 1.54. The number of hydrogen-bond acceptors (Lipinski definition) is 3. The van der Waals surface area contributed by atoms with Crippen LogP contribution in [0.15, 0.2) is 24.3 Å². The number of rotatable bonds is 2. The second-order valence-corrected chi connectivity index (χ2v) is 5.07. The van der Waals surface area contributed by atoms with E-state index in [4.69, 9.17) is 0 Å². The third kappa shape index (κ3) is 1.97. The van der Waals surface area contributed by atoms with Crippen molar-refractivity contribution in [3.8, 4) is 0 Å². The van der Waals surface area contributed by atoms with Gasteiger partial charge in [0.2, 0.25) is 11.8 Å². The molecule has 5 nitrogen and oxygen atoms in total. The van der Waals surface area contributed by atoms with Gasteiger partial charge in [-0.25, -0.2) is 9.18 Å². The van der Waals surface area contributed by atoms with E-state index in [1.165, 1.54) is 24.3 Å². The van der Waals surface area contributed by atoms with Gasteiger partial charge in [-0.3, -0.25) is 19.8 Å². The zero-order valence-electron chi connectivity index (χ0n) is 10.6. The van der Waals surface area contributed by atoms with Crippen LogP contribution in [0.2, 0.25) is 0 Å². The fourth-order valence-electron chi connectivity index (χ4n) is 2.53. The smallest absolute Gasteiger partial charge is 0.277 e. The molecule has 20 heavy (non-hydrogen) atoms. The highest BCUT2D eigenvalue weighted by atomic mass is 19.1. The number of imide groups is 2. The van der Waals surface area contributed by atoms with E-state index in [2.05, 4.69) is 5.32 Å². The molecule has 1 aromatic carbocycles. The van der Waals surface area contributed by atoms with E-state index < -0.39 is 29.6 Å². The minimum Gasteiger partial charge on any atom is -0.277 e. The van der Waals surface area contributed by atoms with Gasteiger partial charge >= 0.3 is 6.03 Å². The van der Waals surface area contributed by atoms with Gasteiger partial charge in [-0.1, -0.05) is 12.1 Å². The van der Waals surface area contributed by atoms with E-state index in [0.717, 1.165) is 24.2 Å². The van der Waals surface area contributed by atoms with Crippen molar-refractivity contribution in [2.75, 3.05) is 0 Å². The molecule has 1 aromatic rings. The number of nitrogens with zero attached hydrogens (tertiary/aromatic N) is 1. The predicted molar refractivity (Wildman–Crippen MR) is 67.2 cm³/mol. The third-order valence-electron chi connectivity index (χ3n) is 3.84. The first-order chi connectivity index (χ1) is 9.58. The summed E-state index contributed by atoms with van der Waals surface area (Å²) in [5.74, 6) is -2.68. The quantitative estimate of drug-likeness (QED) is 0.833. The van der Waals surface area contributed by atoms with Crippen LogP contribution in [0.3, 0.4) is 0 Å². The molecule has 4 amide bonds. The summed E-state index contributed by atoms with van der Waals surface area (Å²) in [5.41, 5.74) is 0.394. The molecule has 2 aliphatic rings. The molecule has 1 heterocycles. The fraction of sp³-hybridized carbons (Fsp3) is 0.357. The van der Waals surface area contributed by atoms with Crippen LogP contribution in [0.1, 0.15) is 30.7 Å². The Morgan fingerprint density at radius 1 is 1.10 bits per heavy atom. The maximum absolute atomic E-state index is 12.9. The Hall–Kier alpha value is -2.24. The first kappa shape index (κ1) is 12.8. The molecule has 3 rings (SSSR count). The van der Waals surface area contributed by atoms with E-state index in [0.29, 0.717) is 5.56 Å². The zero-order valence-corrected chi connectivity index (χ0v) is 10.6. The number of nitrogens with one attached hydrogen (secondary N) is 1. The van der Waals surface area contributed by atoms with Crippen molar-refractivity contribution < 1.29 is 18.8 Å². The van der Waals surface area contributed by atoms with Crippen LogP contribution < -0.4 is 5.32 Å². The van der Waals surface area contributed by atoms with Crippen LogP contribution in [0.4, 0.5) is 9.18 Å². The molecule has 0 bridgehead atoms. The SMILES string of the molecule is O=C1NC(=O)N(C2CCC2)C(=O)C1c1ccc(F)cc1. The molecule has 0 spiro atoms. The number of amides is 4. The van der Waals surface area contributed by atoms with Gasteiger partial charge in [-0.05, 0) is 37.0 Å². The van der Waals surface area contributed by atoms with Gasteiger partial charge in [0, 0.05) is 6.04 Å². The standard InChI is InChI=1S/C14H13FN2O3/c15-9-6-4-8(5-7-9)11-12(18)16-14(20)17(13(11)19)10-2-1-3-10/h4-7,10-11H,1-3H2,(H,16,18,20). The van der Waals surface area contributed by atoms with E-state index in [1.54, 1.807) is 0 Å². The van der Waals surface area contributed by atoms with E-state index in [1.807, 2.05) is 0 Å². The number of hydrogen-bond donors (Lipinski definition) is 1. The van der Waals surface area contributed by atoms with Crippen molar-refractivity contribution in [3.05, 3.63) is 35.6 Å². The summed E-state index contributed by atoms with van der Waals surface area (Å²) in [6.07, 6.45) is 2.50. The largest absolute Gasteiger partial charge is 0.331 e. The summed E-state index contributed by atoms with van der Waals surface area (Å²) in [5, 5.41) is 2.21. The highest BCUT2D eigenvalue weighted by Gasteiger charge is 2.45. The molecule has 1 aliphatic heterocycles. The first-order valence-electron chi connectivity index (χ1n) is 6.51. The Bertz CT molecular complexity index is 581. The zero-order chi connectivity index (χ0) is 14.3. The average molecular weight is 276 g/mol. The molecular formula is C14H13FN2O3. The van der Waals surface area contributed by atoms with E-state index in [-0.39, 0.29) is 6.04 Å². The number of halogens is 1. The molecule has 1 atom stereocenters. The summed E-state index contributed by atoms with van der Waals surface area (Å²) in [4.78, 5) is 37.2. The highest BCUT2D eigenvalue weighted by molar-refractivity contribution is 6.19. The summed E-state index contributed by atoms with van der Waals surface area (Å²) >= 11 is 0. The van der Waals surface area contributed by atoms with Gasteiger partial charge < -0.3 is 0 Å². The Labute approximate surface area is 114 Å². The number of urea groups is 1. The van der Waals surface area contributed by atoms with Crippen LogP contribution in [-0.2, 0) is 9.59 Å². The maximum atomic E-state index is 12.9. The number of benzene rings is 1. The van der Waals surface area contributed by atoms with Crippen LogP contribution in [-0.4, -0.2) is 28.8 Å². The van der Waals surface area contributed by atoms with Crippen molar-refractivity contribution in [1.82, 2.24) is 10.2 Å². The van der Waals surface area contributed by atoms with Crippen LogP contribution in [0.5, 0.6) is 0 Å². The molecule has 1 saturated carbocycles. The number of barbiturate groups is 1. The van der Waals surface area contributed by atoms with Gasteiger partial charge in [-0.15, -0.1) is 0 Å². The van der Waals surface area contributed by atoms with Crippen molar-refractivity contribution in [1.29, 1.82) is 0 Å². The van der Waals surface area contributed by atoms with Crippen LogP contribution >= 0.6 is 0 Å². The molecule has 1 N–H and O–H groups in total. The third-order valence-corrected chi connectivity index (χ3v) is 3.84. The fourth-order valence-corrected chi connectivity index (χ4v) is 2.53. The summed E-state index contributed by atoms with van der Waals surface area (Å²) < 4.78 is 12.9. The monoisotopic (exact) mass is 276 g/mol. The van der Waals surface area contributed by atoms with Gasteiger partial charge in [0.15, 0.2) is 0 Å². The lowest BCUT2D eigenvalue weighted by Crippen LogP contribution is -2.61. The van der Waals surface area contributed by atoms with Gasteiger partial charge in [-0.2, -0.15) is 0 Å². The topological polar surface area (TPSA) is 66.5 Å². The molecule has 1 unspecified atom stereocenters. The normalized spacial score (nSPS) is 23.6. The molecule has 0 radical (unpaired) electrons. The van der Waals surface area contributed by atoms with Crippen molar-refractivity contribution in [3.63, 3.8) is 0 Å². The second-order valence-electron chi connectivity index (χ2n) is 5.07. The first-order valence-corrected chi connectivity index (χ1v) is 6.51. The Morgan fingerprint density at radius 3 is 2.30 bits per heavy atom. The van der Waals surface area contributed by atoms with Crippen LogP contribution in [0, 0.1) is 5.82 Å². The Balaban J connectivity index is 1.92. The minimum atomic E-state index is -1.08. The molecule has 0 aromatic heterocycles. The van der Waals surface area contributed by atoms with Gasteiger partial charge in [0.05, 0.1) is 0 Å². The molecule has 104 valence electrons. The van der Waals surface area contributed by atoms with E-state index >= 15 is 0 Å². The lowest BCUT2D eigenvalue weighted by molar-refractivity contribution is -0.141. The van der Waals surface area contributed by atoms with Crippen LogP contribution in [0.25, 0.3) is 0 Å². The van der Waals surface area contributed by atoms with Crippen molar-refractivity contribution in [2.45, 2.75) is 31.2 Å². The molecule has 1 aliphatic carbocycles.